The van der Waals surface area contributed by atoms with Gasteiger partial charge in [-0.2, -0.15) is 0 Å². The highest BCUT2D eigenvalue weighted by Crippen LogP contribution is 2.45. The van der Waals surface area contributed by atoms with Gasteiger partial charge in [0, 0.05) is 27.8 Å². The van der Waals surface area contributed by atoms with Crippen LogP contribution in [0.3, 0.4) is 0 Å². The van der Waals surface area contributed by atoms with Gasteiger partial charge in [-0.1, -0.05) is 158 Å². The van der Waals surface area contributed by atoms with Crippen LogP contribution in [0.25, 0.3) is 105 Å². The molecule has 0 bridgehead atoms. The Bertz CT molecular complexity index is 3120. The number of hydrogen-bond donors (Lipinski definition) is 0. The third-order valence-electron chi connectivity index (χ3n) is 10.7. The van der Waals surface area contributed by atoms with E-state index in [0.717, 1.165) is 77.6 Å². The van der Waals surface area contributed by atoms with E-state index in [-0.39, 0.29) is 0 Å². The number of rotatable bonds is 7. The minimum atomic E-state index is 0.543. The van der Waals surface area contributed by atoms with Gasteiger partial charge in [-0.05, 0) is 69.4 Å². The Kier molecular flexibility index (Phi) is 8.84. The zero-order valence-corrected chi connectivity index (χ0v) is 31.7. The highest BCUT2D eigenvalue weighted by atomic mass is 15.0. The molecule has 0 spiro atoms. The van der Waals surface area contributed by atoms with Crippen LogP contribution >= 0.6 is 0 Å². The molecule has 8 aromatic carbocycles. The van der Waals surface area contributed by atoms with Gasteiger partial charge in [-0.3, -0.25) is 0 Å². The quantitative estimate of drug-likeness (QED) is 0.152. The van der Waals surface area contributed by atoms with Crippen molar-refractivity contribution in [3.63, 3.8) is 0 Å². The first-order valence-electron chi connectivity index (χ1n) is 19.3. The van der Waals surface area contributed by atoms with Crippen molar-refractivity contribution in [2.75, 3.05) is 0 Å². The third kappa shape index (κ3) is 6.47. The Morgan fingerprint density at radius 2 is 0.695 bits per heavy atom. The Balaban J connectivity index is 1.27. The average molecular weight is 753 g/mol. The summed E-state index contributed by atoms with van der Waals surface area (Å²) < 4.78 is 2.28. The highest BCUT2D eigenvalue weighted by Gasteiger charge is 2.23. The van der Waals surface area contributed by atoms with Crippen molar-refractivity contribution in [3.05, 3.63) is 217 Å². The molecular formula is C53H32N6. The Morgan fingerprint density at radius 3 is 1.14 bits per heavy atom. The molecule has 0 saturated heterocycles. The molecular weight excluding hydrogens is 721 g/mol. The summed E-state index contributed by atoms with van der Waals surface area (Å²) in [5.41, 5.74) is 12.8. The van der Waals surface area contributed by atoms with Gasteiger partial charge in [-0.15, -0.1) is 0 Å². The molecule has 2 aromatic heterocycles. The molecule has 0 amide bonds. The summed E-state index contributed by atoms with van der Waals surface area (Å²) in [5.74, 6) is 1.71. The molecule has 10 rings (SSSR count). The highest BCUT2D eigenvalue weighted by molar-refractivity contribution is 6.12. The van der Waals surface area contributed by atoms with E-state index in [1.54, 1.807) is 0 Å². The molecule has 10 aromatic rings. The van der Waals surface area contributed by atoms with E-state index in [0.29, 0.717) is 28.8 Å². The van der Waals surface area contributed by atoms with Crippen LogP contribution in [0.4, 0.5) is 11.4 Å². The third-order valence-corrected chi connectivity index (χ3v) is 10.7. The molecule has 2 heterocycles. The molecule has 0 saturated carbocycles. The summed E-state index contributed by atoms with van der Waals surface area (Å²) in [6.07, 6.45) is 0. The van der Waals surface area contributed by atoms with Crippen molar-refractivity contribution in [1.82, 2.24) is 19.5 Å². The zero-order valence-electron chi connectivity index (χ0n) is 31.7. The number of benzene rings is 8. The van der Waals surface area contributed by atoms with E-state index in [1.165, 1.54) is 0 Å². The van der Waals surface area contributed by atoms with Gasteiger partial charge in [0.05, 0.1) is 29.9 Å². The lowest BCUT2D eigenvalue weighted by atomic mass is 9.92. The molecule has 0 fully saturated rings. The van der Waals surface area contributed by atoms with Crippen LogP contribution in [0, 0.1) is 13.1 Å². The summed E-state index contributed by atoms with van der Waals surface area (Å²) in [4.78, 5) is 23.0. The molecule has 0 N–H and O–H groups in total. The SMILES string of the molecule is [C-]#[N+]c1ccc2c(c1)c1cc([N+]#[C-])ccc1n2-c1c(-c2ccccc2)cc(-c2nc(-c3ccccc3)nc(-c3ccc(-c4ccccc4)cc3)n2)cc1-c1ccccc1. The van der Waals surface area contributed by atoms with Gasteiger partial charge in [0.2, 0.25) is 0 Å². The van der Waals surface area contributed by atoms with Crippen LogP contribution in [0.15, 0.2) is 194 Å². The molecule has 59 heavy (non-hydrogen) atoms. The lowest BCUT2D eigenvalue weighted by Crippen LogP contribution is -2.04. The van der Waals surface area contributed by atoms with E-state index in [2.05, 4.69) is 111 Å². The number of hydrogen-bond acceptors (Lipinski definition) is 3. The fourth-order valence-electron chi connectivity index (χ4n) is 7.85. The number of nitrogens with zero attached hydrogens (tertiary/aromatic N) is 6. The van der Waals surface area contributed by atoms with Crippen molar-refractivity contribution < 1.29 is 0 Å². The monoisotopic (exact) mass is 752 g/mol. The second-order valence-electron chi connectivity index (χ2n) is 14.2. The van der Waals surface area contributed by atoms with Crippen LogP contribution in [0.5, 0.6) is 0 Å². The predicted octanol–water partition coefficient (Wildman–Crippen LogP) is 14.1. The van der Waals surface area contributed by atoms with Crippen molar-refractivity contribution in [3.8, 4) is 73.2 Å². The summed E-state index contributed by atoms with van der Waals surface area (Å²) in [7, 11) is 0. The second kappa shape index (κ2) is 14.9. The maximum Gasteiger partial charge on any atom is 0.188 e. The number of aromatic nitrogens is 4. The first-order valence-corrected chi connectivity index (χ1v) is 19.3. The maximum atomic E-state index is 7.81. The standard InChI is InChI=1S/C53H32N6/c1-54-42-27-29-48-46(33-42)47-34-43(55-2)28-30-49(47)59(48)50-44(37-17-9-4-10-18-37)31-41(32-45(50)38-19-11-5-12-20-38)53-57-51(39-21-13-6-14-22-39)56-52(58-53)40-25-23-36(24-26-40)35-15-7-3-8-16-35/h3-34H. The summed E-state index contributed by atoms with van der Waals surface area (Å²) in [6.45, 7) is 15.6. The van der Waals surface area contributed by atoms with Crippen LogP contribution in [-0.2, 0) is 0 Å². The molecule has 0 atom stereocenters. The fourth-order valence-corrected chi connectivity index (χ4v) is 7.85. The molecule has 0 radical (unpaired) electrons. The van der Waals surface area contributed by atoms with Gasteiger partial charge < -0.3 is 4.57 Å². The molecule has 0 aliphatic heterocycles. The second-order valence-corrected chi connectivity index (χ2v) is 14.2. The van der Waals surface area contributed by atoms with Gasteiger partial charge in [0.25, 0.3) is 0 Å². The van der Waals surface area contributed by atoms with E-state index >= 15 is 0 Å². The Labute approximate surface area is 341 Å². The molecule has 274 valence electrons. The van der Waals surface area contributed by atoms with Crippen molar-refractivity contribution in [1.29, 1.82) is 0 Å². The van der Waals surface area contributed by atoms with Gasteiger partial charge in [-0.25, -0.2) is 24.6 Å². The van der Waals surface area contributed by atoms with E-state index in [1.807, 2.05) is 97.1 Å². The normalized spacial score (nSPS) is 11.0. The van der Waals surface area contributed by atoms with Crippen LogP contribution in [-0.4, -0.2) is 19.5 Å². The Morgan fingerprint density at radius 1 is 0.339 bits per heavy atom. The van der Waals surface area contributed by atoms with Crippen molar-refractivity contribution >= 4 is 33.2 Å². The minimum absolute atomic E-state index is 0.543. The van der Waals surface area contributed by atoms with Crippen molar-refractivity contribution in [2.24, 2.45) is 0 Å². The summed E-state index contributed by atoms with van der Waals surface area (Å²) in [5, 5.41) is 1.82. The van der Waals surface area contributed by atoms with Crippen LogP contribution < -0.4 is 0 Å². The number of fused-ring (bicyclic) bond motifs is 3. The predicted molar refractivity (Wildman–Crippen MR) is 239 cm³/mol. The van der Waals surface area contributed by atoms with Crippen LogP contribution in [0.2, 0.25) is 0 Å². The Hall–Kier alpha value is -8.45. The maximum absolute atomic E-state index is 7.81. The lowest BCUT2D eigenvalue weighted by molar-refractivity contribution is 1.07. The minimum Gasteiger partial charge on any atom is -0.308 e. The van der Waals surface area contributed by atoms with E-state index < -0.39 is 0 Å². The van der Waals surface area contributed by atoms with Crippen molar-refractivity contribution in [2.45, 2.75) is 0 Å². The first-order chi connectivity index (χ1) is 29.1. The van der Waals surface area contributed by atoms with Gasteiger partial charge in [0.15, 0.2) is 28.8 Å². The molecule has 6 heteroatoms. The van der Waals surface area contributed by atoms with Crippen LogP contribution in [0.1, 0.15) is 0 Å². The lowest BCUT2D eigenvalue weighted by Gasteiger charge is -2.21. The van der Waals surface area contributed by atoms with E-state index in [4.69, 9.17) is 28.1 Å². The van der Waals surface area contributed by atoms with Gasteiger partial charge >= 0.3 is 0 Å². The summed E-state index contributed by atoms with van der Waals surface area (Å²) >= 11 is 0. The first kappa shape index (κ1) is 35.0. The smallest absolute Gasteiger partial charge is 0.188 e. The fraction of sp³-hybridized carbons (Fsp3) is 0. The zero-order chi connectivity index (χ0) is 39.7. The molecule has 0 unspecified atom stereocenters. The summed E-state index contributed by atoms with van der Waals surface area (Å²) in [6, 6.07) is 65.5. The van der Waals surface area contributed by atoms with E-state index in [9.17, 15) is 0 Å². The molecule has 0 aliphatic rings. The molecule has 6 nitrogen and oxygen atoms in total. The average Bonchev–Trinajstić information content (AvgIpc) is 3.64. The molecule has 0 aliphatic carbocycles. The largest absolute Gasteiger partial charge is 0.308 e. The van der Waals surface area contributed by atoms with Gasteiger partial charge in [0.1, 0.15) is 0 Å². The topological polar surface area (TPSA) is 52.3 Å².